The molecule has 1 aliphatic rings. The predicted molar refractivity (Wildman–Crippen MR) is 72.1 cm³/mol. The summed E-state index contributed by atoms with van der Waals surface area (Å²) in [5.74, 6) is 0.718. The number of likely N-dealkylation sites (tertiary alicyclic amines) is 1. The maximum Gasteiger partial charge on any atom is 0.0534 e. The van der Waals surface area contributed by atoms with Gasteiger partial charge in [-0.25, -0.2) is 0 Å². The Bertz CT molecular complexity index is 339. The fraction of sp³-hybridized carbons (Fsp3) is 0.750. The molecule has 0 bridgehead atoms. The summed E-state index contributed by atoms with van der Waals surface area (Å²) in [5, 5.41) is 4.21. The highest BCUT2D eigenvalue weighted by atomic mass is 35.5. The van der Waals surface area contributed by atoms with Crippen molar-refractivity contribution in [3.05, 3.63) is 18.0 Å². The van der Waals surface area contributed by atoms with Crippen LogP contribution in [0.2, 0.25) is 0 Å². The summed E-state index contributed by atoms with van der Waals surface area (Å²) in [5.41, 5.74) is 7.17. The molecule has 2 rings (SSSR count). The third-order valence-electron chi connectivity index (χ3n) is 3.62. The van der Waals surface area contributed by atoms with Crippen LogP contribution in [-0.4, -0.2) is 33.8 Å². The van der Waals surface area contributed by atoms with Crippen molar-refractivity contribution >= 4 is 12.4 Å². The molecule has 0 saturated carbocycles. The van der Waals surface area contributed by atoms with E-state index >= 15 is 0 Å². The minimum Gasteiger partial charge on any atom is -0.329 e. The largest absolute Gasteiger partial charge is 0.329 e. The fourth-order valence-corrected chi connectivity index (χ4v) is 2.70. The zero-order chi connectivity index (χ0) is 11.5. The van der Waals surface area contributed by atoms with Crippen LogP contribution in [0.4, 0.5) is 0 Å². The van der Waals surface area contributed by atoms with Gasteiger partial charge in [0.15, 0.2) is 0 Å². The van der Waals surface area contributed by atoms with Crippen LogP contribution in [0.15, 0.2) is 12.4 Å². The summed E-state index contributed by atoms with van der Waals surface area (Å²) in [6.07, 6.45) is 6.64. The Kier molecular flexibility index (Phi) is 5.43. The molecule has 0 aromatic carbocycles. The molecule has 98 valence electrons. The van der Waals surface area contributed by atoms with Crippen LogP contribution >= 0.6 is 12.4 Å². The van der Waals surface area contributed by atoms with Crippen LogP contribution in [0.5, 0.6) is 0 Å². The van der Waals surface area contributed by atoms with Gasteiger partial charge in [0.2, 0.25) is 0 Å². The zero-order valence-electron chi connectivity index (χ0n) is 10.7. The molecule has 1 aliphatic heterocycles. The first-order valence-corrected chi connectivity index (χ1v) is 6.12. The Morgan fingerprint density at radius 1 is 1.53 bits per heavy atom. The molecule has 2 heterocycles. The van der Waals surface area contributed by atoms with E-state index < -0.39 is 0 Å². The standard InChI is InChI=1S/C12H22N4.ClH/c1-10-4-3-5-16(12(10)6-13)9-11-7-14-15(2)8-11;/h7-8,10,12H,3-6,9,13H2,1-2H3;1H. The Balaban J connectivity index is 0.00000144. The minimum atomic E-state index is 0. The smallest absolute Gasteiger partial charge is 0.0534 e. The first-order valence-electron chi connectivity index (χ1n) is 6.12. The van der Waals surface area contributed by atoms with Gasteiger partial charge in [-0.2, -0.15) is 5.10 Å². The maximum absolute atomic E-state index is 5.88. The second kappa shape index (κ2) is 6.38. The lowest BCUT2D eigenvalue weighted by Crippen LogP contribution is -2.47. The van der Waals surface area contributed by atoms with Crippen LogP contribution in [0.25, 0.3) is 0 Å². The van der Waals surface area contributed by atoms with Gasteiger partial charge in [0, 0.05) is 37.9 Å². The van der Waals surface area contributed by atoms with Crippen molar-refractivity contribution in [3.63, 3.8) is 0 Å². The van der Waals surface area contributed by atoms with E-state index in [1.807, 2.05) is 17.9 Å². The average molecular weight is 259 g/mol. The quantitative estimate of drug-likeness (QED) is 0.892. The lowest BCUT2D eigenvalue weighted by Gasteiger charge is -2.39. The summed E-state index contributed by atoms with van der Waals surface area (Å²) >= 11 is 0. The number of hydrogen-bond acceptors (Lipinski definition) is 3. The van der Waals surface area contributed by atoms with Gasteiger partial charge in [0.05, 0.1) is 6.20 Å². The van der Waals surface area contributed by atoms with Crippen LogP contribution < -0.4 is 5.73 Å². The van der Waals surface area contributed by atoms with E-state index in [1.165, 1.54) is 24.9 Å². The molecule has 0 spiro atoms. The summed E-state index contributed by atoms with van der Waals surface area (Å²) in [6.45, 7) is 5.23. The minimum absolute atomic E-state index is 0. The number of hydrogen-bond donors (Lipinski definition) is 1. The van der Waals surface area contributed by atoms with Crippen molar-refractivity contribution in [2.45, 2.75) is 32.4 Å². The topological polar surface area (TPSA) is 47.1 Å². The second-order valence-corrected chi connectivity index (χ2v) is 4.92. The molecule has 4 nitrogen and oxygen atoms in total. The Hall–Kier alpha value is -0.580. The molecule has 0 aliphatic carbocycles. The molecule has 2 N–H and O–H groups in total. The monoisotopic (exact) mass is 258 g/mol. The molecule has 2 unspecified atom stereocenters. The van der Waals surface area contributed by atoms with E-state index in [4.69, 9.17) is 5.73 Å². The predicted octanol–water partition coefficient (Wildman–Crippen LogP) is 1.40. The highest BCUT2D eigenvalue weighted by Crippen LogP contribution is 2.24. The number of halogens is 1. The number of piperidine rings is 1. The van der Waals surface area contributed by atoms with E-state index in [1.54, 1.807) is 0 Å². The molecular weight excluding hydrogens is 236 g/mol. The first-order chi connectivity index (χ1) is 7.70. The molecule has 17 heavy (non-hydrogen) atoms. The van der Waals surface area contributed by atoms with E-state index in [9.17, 15) is 0 Å². The van der Waals surface area contributed by atoms with Crippen molar-refractivity contribution in [3.8, 4) is 0 Å². The normalized spacial score (nSPS) is 25.6. The van der Waals surface area contributed by atoms with Crippen LogP contribution in [0.3, 0.4) is 0 Å². The zero-order valence-corrected chi connectivity index (χ0v) is 11.5. The van der Waals surface area contributed by atoms with E-state index in [0.717, 1.165) is 19.0 Å². The Labute approximate surface area is 110 Å². The van der Waals surface area contributed by atoms with Crippen molar-refractivity contribution in [1.82, 2.24) is 14.7 Å². The maximum atomic E-state index is 5.88. The number of nitrogens with zero attached hydrogens (tertiary/aromatic N) is 3. The van der Waals surface area contributed by atoms with Crippen LogP contribution in [0.1, 0.15) is 25.3 Å². The molecule has 5 heteroatoms. The lowest BCUT2D eigenvalue weighted by molar-refractivity contribution is 0.0990. The molecule has 1 saturated heterocycles. The van der Waals surface area contributed by atoms with Crippen molar-refractivity contribution in [2.24, 2.45) is 18.7 Å². The van der Waals surface area contributed by atoms with Gasteiger partial charge in [-0.1, -0.05) is 6.92 Å². The van der Waals surface area contributed by atoms with Crippen LogP contribution in [-0.2, 0) is 13.6 Å². The molecule has 2 atom stereocenters. The molecule has 0 amide bonds. The van der Waals surface area contributed by atoms with Gasteiger partial charge in [-0.3, -0.25) is 9.58 Å². The third kappa shape index (κ3) is 3.44. The number of aryl methyl sites for hydroxylation is 1. The summed E-state index contributed by atoms with van der Waals surface area (Å²) < 4.78 is 1.86. The second-order valence-electron chi connectivity index (χ2n) is 4.92. The van der Waals surface area contributed by atoms with E-state index in [0.29, 0.717) is 6.04 Å². The number of rotatable bonds is 3. The highest BCUT2D eigenvalue weighted by molar-refractivity contribution is 5.85. The Morgan fingerprint density at radius 3 is 2.88 bits per heavy atom. The van der Waals surface area contributed by atoms with Crippen LogP contribution in [0, 0.1) is 5.92 Å². The van der Waals surface area contributed by atoms with Gasteiger partial charge in [-0.15, -0.1) is 12.4 Å². The Morgan fingerprint density at radius 2 is 2.29 bits per heavy atom. The summed E-state index contributed by atoms with van der Waals surface area (Å²) in [4.78, 5) is 2.51. The number of aromatic nitrogens is 2. The van der Waals surface area contributed by atoms with E-state index in [-0.39, 0.29) is 12.4 Å². The van der Waals surface area contributed by atoms with Gasteiger partial charge in [0.1, 0.15) is 0 Å². The molecule has 0 radical (unpaired) electrons. The van der Waals surface area contributed by atoms with E-state index in [2.05, 4.69) is 23.1 Å². The van der Waals surface area contributed by atoms with Gasteiger partial charge in [0.25, 0.3) is 0 Å². The summed E-state index contributed by atoms with van der Waals surface area (Å²) in [6, 6.07) is 0.536. The SMILES string of the molecule is CC1CCCN(Cc2cnn(C)c2)C1CN.Cl. The van der Waals surface area contributed by atoms with Crippen molar-refractivity contribution in [2.75, 3.05) is 13.1 Å². The summed E-state index contributed by atoms with van der Waals surface area (Å²) in [7, 11) is 1.96. The third-order valence-corrected chi connectivity index (χ3v) is 3.62. The average Bonchev–Trinajstić information content (AvgIpc) is 2.64. The van der Waals surface area contributed by atoms with Crippen molar-refractivity contribution < 1.29 is 0 Å². The molecular formula is C12H23ClN4. The molecule has 1 fully saturated rings. The van der Waals surface area contributed by atoms with Gasteiger partial charge < -0.3 is 5.73 Å². The first kappa shape index (κ1) is 14.5. The number of nitrogens with two attached hydrogens (primary N) is 1. The molecule has 1 aromatic rings. The van der Waals surface area contributed by atoms with Crippen molar-refractivity contribution in [1.29, 1.82) is 0 Å². The molecule has 1 aromatic heterocycles. The highest BCUT2D eigenvalue weighted by Gasteiger charge is 2.27. The fourth-order valence-electron chi connectivity index (χ4n) is 2.70. The van der Waals surface area contributed by atoms with Gasteiger partial charge >= 0.3 is 0 Å². The lowest BCUT2D eigenvalue weighted by atomic mass is 9.90. The van der Waals surface area contributed by atoms with Gasteiger partial charge in [-0.05, 0) is 25.3 Å².